The smallest absolute Gasteiger partial charge is 0.338 e. The van der Waals surface area contributed by atoms with E-state index < -0.39 is 5.97 Å². The molecular weight excluding hydrogens is 246 g/mol. The Kier molecular flexibility index (Phi) is 4.66. The predicted molar refractivity (Wildman–Crippen MR) is 63.9 cm³/mol. The van der Waals surface area contributed by atoms with Gasteiger partial charge in [0.15, 0.2) is 0 Å². The van der Waals surface area contributed by atoms with E-state index in [4.69, 9.17) is 21.6 Å². The van der Waals surface area contributed by atoms with Crippen molar-refractivity contribution in [1.82, 2.24) is 0 Å². The first-order valence-electron chi connectivity index (χ1n) is 4.63. The summed E-state index contributed by atoms with van der Waals surface area (Å²) in [5, 5.41) is 8.92. The van der Waals surface area contributed by atoms with Gasteiger partial charge in [-0.3, -0.25) is 0 Å². The lowest BCUT2D eigenvalue weighted by molar-refractivity contribution is 0.0526. The number of hydrogen-bond donors (Lipinski definition) is 1. The third kappa shape index (κ3) is 2.69. The Morgan fingerprint density at radius 3 is 2.81 bits per heavy atom. The molecule has 0 aliphatic carbocycles. The SMILES string of the molecule is CCOC(=O)c1cc(S)c(CCl)c(C#N)c1. The molecule has 1 aromatic rings. The molecule has 0 fully saturated rings. The Balaban J connectivity index is 3.21. The van der Waals surface area contributed by atoms with Crippen LogP contribution in [0.4, 0.5) is 0 Å². The zero-order valence-corrected chi connectivity index (χ0v) is 10.3. The van der Waals surface area contributed by atoms with E-state index in [0.29, 0.717) is 28.2 Å². The molecule has 0 saturated heterocycles. The molecule has 1 rings (SSSR count). The van der Waals surface area contributed by atoms with E-state index in [1.807, 2.05) is 6.07 Å². The number of carbonyl (C=O) groups excluding carboxylic acids is 1. The van der Waals surface area contributed by atoms with E-state index in [2.05, 4.69) is 12.6 Å². The summed E-state index contributed by atoms with van der Waals surface area (Å²) >= 11 is 9.88. The summed E-state index contributed by atoms with van der Waals surface area (Å²) in [6.07, 6.45) is 0. The van der Waals surface area contributed by atoms with Crippen molar-refractivity contribution in [2.24, 2.45) is 0 Å². The van der Waals surface area contributed by atoms with Gasteiger partial charge in [0.2, 0.25) is 0 Å². The zero-order chi connectivity index (χ0) is 12.1. The molecule has 0 unspecified atom stereocenters. The van der Waals surface area contributed by atoms with Crippen molar-refractivity contribution in [3.63, 3.8) is 0 Å². The lowest BCUT2D eigenvalue weighted by atomic mass is 10.1. The van der Waals surface area contributed by atoms with Crippen molar-refractivity contribution < 1.29 is 9.53 Å². The summed E-state index contributed by atoms with van der Waals surface area (Å²) in [7, 11) is 0. The van der Waals surface area contributed by atoms with Gasteiger partial charge >= 0.3 is 5.97 Å². The molecule has 0 N–H and O–H groups in total. The van der Waals surface area contributed by atoms with Crippen molar-refractivity contribution in [1.29, 1.82) is 5.26 Å². The van der Waals surface area contributed by atoms with E-state index in [1.54, 1.807) is 13.0 Å². The van der Waals surface area contributed by atoms with E-state index >= 15 is 0 Å². The van der Waals surface area contributed by atoms with Crippen LogP contribution < -0.4 is 0 Å². The molecule has 84 valence electrons. The number of thiol groups is 1. The molecule has 0 aromatic heterocycles. The van der Waals surface area contributed by atoms with Gasteiger partial charge in [-0.1, -0.05) is 0 Å². The summed E-state index contributed by atoms with van der Waals surface area (Å²) in [4.78, 5) is 12.0. The molecule has 3 nitrogen and oxygen atoms in total. The number of rotatable bonds is 3. The van der Waals surface area contributed by atoms with Crippen LogP contribution in [0.5, 0.6) is 0 Å². The van der Waals surface area contributed by atoms with Crippen LogP contribution in [0, 0.1) is 11.3 Å². The highest BCUT2D eigenvalue weighted by Crippen LogP contribution is 2.23. The standard InChI is InChI=1S/C11H10ClNO2S/c1-2-15-11(14)7-3-8(6-13)9(5-12)10(16)4-7/h3-4,16H,2,5H2,1H3. The first-order valence-corrected chi connectivity index (χ1v) is 5.61. The molecule has 0 amide bonds. The van der Waals surface area contributed by atoms with E-state index in [-0.39, 0.29) is 5.88 Å². The lowest BCUT2D eigenvalue weighted by Gasteiger charge is -2.07. The normalized spacial score (nSPS) is 9.62. The molecule has 0 atom stereocenters. The molecule has 5 heteroatoms. The quantitative estimate of drug-likeness (QED) is 0.513. The molecule has 0 aliphatic rings. The van der Waals surface area contributed by atoms with Crippen LogP contribution in [-0.2, 0) is 10.6 Å². The van der Waals surface area contributed by atoms with Crippen molar-refractivity contribution in [2.45, 2.75) is 17.7 Å². The molecule has 0 saturated carbocycles. The number of hydrogen-bond acceptors (Lipinski definition) is 4. The minimum absolute atomic E-state index is 0.185. The second kappa shape index (κ2) is 5.78. The number of alkyl halides is 1. The molecule has 16 heavy (non-hydrogen) atoms. The van der Waals surface area contributed by atoms with Gasteiger partial charge in [-0.05, 0) is 24.6 Å². The number of carbonyl (C=O) groups is 1. The first-order chi connectivity index (χ1) is 7.63. The second-order valence-electron chi connectivity index (χ2n) is 2.99. The summed E-state index contributed by atoms with van der Waals surface area (Å²) in [6.45, 7) is 2.01. The number of esters is 1. The van der Waals surface area contributed by atoms with Gasteiger partial charge in [0.05, 0.1) is 23.8 Å². The molecule has 1 aromatic carbocycles. The Bertz CT molecular complexity index is 454. The van der Waals surface area contributed by atoms with Crippen LogP contribution in [0.15, 0.2) is 17.0 Å². The Labute approximate surface area is 104 Å². The van der Waals surface area contributed by atoms with Crippen LogP contribution in [0.25, 0.3) is 0 Å². The van der Waals surface area contributed by atoms with E-state index in [0.717, 1.165) is 0 Å². The summed E-state index contributed by atoms with van der Waals surface area (Å²) in [5.74, 6) is -0.277. The minimum Gasteiger partial charge on any atom is -0.462 e. The fraction of sp³-hybridized carbons (Fsp3) is 0.273. The maximum atomic E-state index is 11.5. The molecule has 0 aliphatic heterocycles. The third-order valence-corrected chi connectivity index (χ3v) is 2.66. The number of nitrogens with zero attached hydrogens (tertiary/aromatic N) is 1. The Morgan fingerprint density at radius 2 is 2.31 bits per heavy atom. The Morgan fingerprint density at radius 1 is 1.62 bits per heavy atom. The molecule has 0 radical (unpaired) electrons. The third-order valence-electron chi connectivity index (χ3n) is 1.99. The minimum atomic E-state index is -0.463. The van der Waals surface area contributed by atoms with Gasteiger partial charge < -0.3 is 4.74 Å². The summed E-state index contributed by atoms with van der Waals surface area (Å²) in [6, 6.07) is 5.01. The van der Waals surface area contributed by atoms with Crippen molar-refractivity contribution in [2.75, 3.05) is 6.61 Å². The first kappa shape index (κ1) is 12.9. The van der Waals surface area contributed by atoms with Gasteiger partial charge in [0.25, 0.3) is 0 Å². The van der Waals surface area contributed by atoms with Crippen LogP contribution in [0.3, 0.4) is 0 Å². The van der Waals surface area contributed by atoms with Crippen LogP contribution >= 0.6 is 24.2 Å². The number of ether oxygens (including phenoxy) is 1. The highest BCUT2D eigenvalue weighted by molar-refractivity contribution is 7.80. The van der Waals surface area contributed by atoms with Gasteiger partial charge in [0, 0.05) is 10.8 Å². The number of nitriles is 1. The Hall–Kier alpha value is -1.18. The van der Waals surface area contributed by atoms with Gasteiger partial charge in [-0.25, -0.2) is 4.79 Å². The largest absolute Gasteiger partial charge is 0.462 e. The highest BCUT2D eigenvalue weighted by atomic mass is 35.5. The number of halogens is 1. The molecule has 0 bridgehead atoms. The highest BCUT2D eigenvalue weighted by Gasteiger charge is 2.13. The predicted octanol–water partition coefficient (Wildman–Crippen LogP) is 2.76. The molecule has 0 spiro atoms. The summed E-state index contributed by atoms with van der Waals surface area (Å²) in [5.41, 5.74) is 1.29. The average Bonchev–Trinajstić information content (AvgIpc) is 2.28. The topological polar surface area (TPSA) is 50.1 Å². The molecule has 0 heterocycles. The van der Waals surface area contributed by atoms with Crippen LogP contribution in [0.1, 0.15) is 28.4 Å². The van der Waals surface area contributed by atoms with Crippen molar-refractivity contribution in [3.8, 4) is 6.07 Å². The fourth-order valence-corrected chi connectivity index (χ4v) is 1.95. The monoisotopic (exact) mass is 255 g/mol. The van der Waals surface area contributed by atoms with Gasteiger partial charge in [-0.15, -0.1) is 24.2 Å². The van der Waals surface area contributed by atoms with Gasteiger partial charge in [-0.2, -0.15) is 5.26 Å². The van der Waals surface area contributed by atoms with Crippen molar-refractivity contribution in [3.05, 3.63) is 28.8 Å². The average molecular weight is 256 g/mol. The summed E-state index contributed by atoms with van der Waals surface area (Å²) < 4.78 is 4.84. The maximum absolute atomic E-state index is 11.5. The van der Waals surface area contributed by atoms with E-state index in [1.165, 1.54) is 6.07 Å². The van der Waals surface area contributed by atoms with Crippen molar-refractivity contribution >= 4 is 30.2 Å². The zero-order valence-electron chi connectivity index (χ0n) is 8.66. The van der Waals surface area contributed by atoms with Gasteiger partial charge in [0.1, 0.15) is 0 Å². The van der Waals surface area contributed by atoms with Crippen LogP contribution in [-0.4, -0.2) is 12.6 Å². The fourth-order valence-electron chi connectivity index (χ4n) is 1.23. The van der Waals surface area contributed by atoms with Crippen LogP contribution in [0.2, 0.25) is 0 Å². The van der Waals surface area contributed by atoms with E-state index in [9.17, 15) is 4.79 Å². The second-order valence-corrected chi connectivity index (χ2v) is 3.74. The molecular formula is C11H10ClNO2S. The lowest BCUT2D eigenvalue weighted by Crippen LogP contribution is -2.06. The number of benzene rings is 1. The maximum Gasteiger partial charge on any atom is 0.338 e.